The first-order valence-corrected chi connectivity index (χ1v) is 14.6. The standard InChI is InChI=1S/C20H30Br2O3.C7H13NO2.C2H6/c1-12(2)18(13(3)4)19(14(5)6)15-9-16(21)20(17(22)10-15)25-8-7-24-11-23;1-6(2)7(9)10-5-4-8-3;1-2/h9-14,18-19H,7-8H2,1-6H3;8H,1,4-5H2,2-3H3;1-2H3. The van der Waals surface area contributed by atoms with Gasteiger partial charge in [0, 0.05) is 12.1 Å². The van der Waals surface area contributed by atoms with E-state index in [1.54, 1.807) is 14.0 Å². The molecule has 0 aliphatic rings. The van der Waals surface area contributed by atoms with Gasteiger partial charge >= 0.3 is 5.97 Å². The minimum atomic E-state index is -0.324. The fraction of sp³-hybridized carbons (Fsp3) is 0.655. The van der Waals surface area contributed by atoms with Gasteiger partial charge in [0.15, 0.2) is 0 Å². The van der Waals surface area contributed by atoms with Crippen molar-refractivity contribution in [3.63, 3.8) is 0 Å². The zero-order valence-electron chi connectivity index (χ0n) is 24.5. The summed E-state index contributed by atoms with van der Waals surface area (Å²) < 4.78 is 17.0. The quantitative estimate of drug-likeness (QED) is 0.0959. The van der Waals surface area contributed by atoms with Gasteiger partial charge in [-0.25, -0.2) is 4.79 Å². The van der Waals surface area contributed by atoms with Gasteiger partial charge in [-0.3, -0.25) is 4.79 Å². The highest BCUT2D eigenvalue weighted by atomic mass is 79.9. The van der Waals surface area contributed by atoms with Crippen molar-refractivity contribution in [3.8, 4) is 5.75 Å². The van der Waals surface area contributed by atoms with E-state index in [9.17, 15) is 9.59 Å². The van der Waals surface area contributed by atoms with Gasteiger partial charge in [-0.15, -0.1) is 0 Å². The monoisotopic (exact) mass is 649 g/mol. The molecule has 0 radical (unpaired) electrons. The molecule has 0 amide bonds. The number of nitrogens with one attached hydrogen (secondary N) is 1. The number of rotatable bonds is 14. The van der Waals surface area contributed by atoms with Gasteiger partial charge in [0.05, 0.1) is 8.95 Å². The van der Waals surface area contributed by atoms with Crippen molar-refractivity contribution in [2.24, 2.45) is 23.7 Å². The molecular weight excluding hydrogens is 602 g/mol. The second-order valence-corrected chi connectivity index (χ2v) is 11.2. The molecule has 37 heavy (non-hydrogen) atoms. The SMILES string of the molecule is C=C(C)C(=O)OCCNC.CC.CC(C)C(c1cc(Br)c(OCCOC=O)c(Br)c1)C(C(C)C)C(C)C. The van der Waals surface area contributed by atoms with Gasteiger partial charge in [0.25, 0.3) is 6.47 Å². The Labute approximate surface area is 242 Å². The summed E-state index contributed by atoms with van der Waals surface area (Å²) in [6.45, 7) is 25.0. The molecule has 1 N–H and O–H groups in total. The largest absolute Gasteiger partial charge is 0.488 e. The lowest BCUT2D eigenvalue weighted by Crippen LogP contribution is -2.27. The number of ether oxygens (including phenoxy) is 3. The van der Waals surface area contributed by atoms with Gasteiger partial charge in [0.2, 0.25) is 0 Å². The molecule has 0 bridgehead atoms. The molecule has 0 spiro atoms. The second-order valence-electron chi connectivity index (χ2n) is 9.48. The molecule has 1 atom stereocenters. The lowest BCUT2D eigenvalue weighted by Gasteiger charge is -2.37. The van der Waals surface area contributed by atoms with Crippen LogP contribution in [0.25, 0.3) is 0 Å². The van der Waals surface area contributed by atoms with E-state index < -0.39 is 0 Å². The first-order chi connectivity index (χ1) is 17.4. The van der Waals surface area contributed by atoms with E-state index in [2.05, 4.69) is 102 Å². The number of likely N-dealkylation sites (N-methyl/N-ethyl adjacent to an activating group) is 1. The zero-order valence-corrected chi connectivity index (χ0v) is 27.6. The van der Waals surface area contributed by atoms with E-state index in [0.29, 0.717) is 61.4 Å². The highest BCUT2D eigenvalue weighted by Crippen LogP contribution is 2.44. The number of carbonyl (C=O) groups excluding carboxylic acids is 2. The predicted molar refractivity (Wildman–Crippen MR) is 161 cm³/mol. The molecule has 1 unspecified atom stereocenters. The Hall–Kier alpha value is -1.38. The molecule has 0 saturated carbocycles. The van der Waals surface area contributed by atoms with Crippen LogP contribution in [0.1, 0.15) is 73.8 Å². The molecule has 214 valence electrons. The maximum atomic E-state index is 10.7. The second kappa shape index (κ2) is 21.5. The fourth-order valence-corrected chi connectivity index (χ4v) is 5.62. The van der Waals surface area contributed by atoms with Crippen LogP contribution < -0.4 is 10.1 Å². The molecule has 6 nitrogen and oxygen atoms in total. The predicted octanol–water partition coefficient (Wildman–Crippen LogP) is 7.78. The lowest BCUT2D eigenvalue weighted by molar-refractivity contribution is -0.138. The number of hydrogen-bond donors (Lipinski definition) is 1. The first kappa shape index (κ1) is 37.8. The summed E-state index contributed by atoms with van der Waals surface area (Å²) >= 11 is 7.28. The van der Waals surface area contributed by atoms with Crippen molar-refractivity contribution in [1.82, 2.24) is 5.32 Å². The molecule has 0 fully saturated rings. The minimum absolute atomic E-state index is 0.238. The van der Waals surface area contributed by atoms with E-state index in [-0.39, 0.29) is 12.6 Å². The number of halogens is 2. The normalized spacial score (nSPS) is 11.4. The van der Waals surface area contributed by atoms with Crippen LogP contribution in [0.15, 0.2) is 33.2 Å². The van der Waals surface area contributed by atoms with Crippen molar-refractivity contribution in [1.29, 1.82) is 0 Å². The Bertz CT molecular complexity index is 765. The topological polar surface area (TPSA) is 73.9 Å². The molecule has 1 aromatic rings. The summed E-state index contributed by atoms with van der Waals surface area (Å²) in [5, 5.41) is 2.86. The van der Waals surface area contributed by atoms with Crippen LogP contribution in [0.4, 0.5) is 0 Å². The van der Waals surface area contributed by atoms with Crippen molar-refractivity contribution in [3.05, 3.63) is 38.8 Å². The molecule has 0 aliphatic carbocycles. The zero-order chi connectivity index (χ0) is 29.1. The Morgan fingerprint density at radius 3 is 1.86 bits per heavy atom. The molecule has 0 saturated heterocycles. The highest BCUT2D eigenvalue weighted by molar-refractivity contribution is 9.11. The summed E-state index contributed by atoms with van der Waals surface area (Å²) in [5.74, 6) is 3.26. The van der Waals surface area contributed by atoms with Crippen LogP contribution in [0.5, 0.6) is 5.75 Å². The lowest BCUT2D eigenvalue weighted by atomic mass is 9.68. The average Bonchev–Trinajstić information content (AvgIpc) is 2.82. The Morgan fingerprint density at radius 2 is 1.49 bits per heavy atom. The van der Waals surface area contributed by atoms with Crippen LogP contribution in [0.2, 0.25) is 0 Å². The number of hydrogen-bond acceptors (Lipinski definition) is 6. The fourth-order valence-electron chi connectivity index (χ4n) is 4.17. The summed E-state index contributed by atoms with van der Waals surface area (Å²) in [7, 11) is 1.80. The maximum Gasteiger partial charge on any atom is 0.333 e. The summed E-state index contributed by atoms with van der Waals surface area (Å²) in [6.07, 6.45) is 0. The minimum Gasteiger partial charge on any atom is -0.488 e. The Kier molecular flexibility index (Phi) is 22.0. The number of benzene rings is 1. The summed E-state index contributed by atoms with van der Waals surface area (Å²) in [4.78, 5) is 20.9. The third-order valence-corrected chi connectivity index (χ3v) is 6.71. The van der Waals surface area contributed by atoms with Gasteiger partial charge in [-0.1, -0.05) is 62.0 Å². The smallest absolute Gasteiger partial charge is 0.333 e. The third kappa shape index (κ3) is 15.0. The summed E-state index contributed by atoms with van der Waals surface area (Å²) in [5.41, 5.74) is 1.76. The molecule has 1 aromatic carbocycles. The molecule has 1 rings (SSSR count). The molecular formula is C29H49Br2NO5. The number of esters is 1. The van der Waals surface area contributed by atoms with Crippen LogP contribution >= 0.6 is 31.9 Å². The van der Waals surface area contributed by atoms with Gasteiger partial charge < -0.3 is 19.5 Å². The van der Waals surface area contributed by atoms with E-state index >= 15 is 0 Å². The van der Waals surface area contributed by atoms with Gasteiger partial charge in [-0.2, -0.15) is 0 Å². The average molecular weight is 652 g/mol. The Balaban J connectivity index is 0. The van der Waals surface area contributed by atoms with Crippen LogP contribution in [-0.2, 0) is 19.1 Å². The van der Waals surface area contributed by atoms with Crippen LogP contribution in [-0.4, -0.2) is 45.9 Å². The van der Waals surface area contributed by atoms with Crippen LogP contribution in [0.3, 0.4) is 0 Å². The summed E-state index contributed by atoms with van der Waals surface area (Å²) in [6, 6.07) is 4.34. The Morgan fingerprint density at radius 1 is 0.973 bits per heavy atom. The van der Waals surface area contributed by atoms with E-state index in [0.717, 1.165) is 14.7 Å². The van der Waals surface area contributed by atoms with Gasteiger partial charge in [0.1, 0.15) is 25.6 Å². The number of carbonyl (C=O) groups is 2. The first-order valence-electron chi connectivity index (χ1n) is 13.0. The van der Waals surface area contributed by atoms with Gasteiger partial charge in [-0.05, 0) is 93.1 Å². The van der Waals surface area contributed by atoms with Crippen molar-refractivity contribution in [2.45, 2.75) is 68.2 Å². The van der Waals surface area contributed by atoms with Crippen molar-refractivity contribution >= 4 is 44.3 Å². The molecule has 0 heterocycles. The highest BCUT2D eigenvalue weighted by Gasteiger charge is 2.31. The molecule has 0 aliphatic heterocycles. The van der Waals surface area contributed by atoms with Crippen molar-refractivity contribution in [2.75, 3.05) is 33.4 Å². The van der Waals surface area contributed by atoms with Crippen LogP contribution in [0, 0.1) is 23.7 Å². The maximum absolute atomic E-state index is 10.7. The van der Waals surface area contributed by atoms with E-state index in [1.165, 1.54) is 5.56 Å². The molecule has 0 aromatic heterocycles. The third-order valence-electron chi connectivity index (χ3n) is 5.53. The van der Waals surface area contributed by atoms with E-state index in [1.807, 2.05) is 13.8 Å². The van der Waals surface area contributed by atoms with E-state index in [4.69, 9.17) is 9.47 Å². The molecule has 8 heteroatoms. The van der Waals surface area contributed by atoms with Crippen molar-refractivity contribution < 1.29 is 23.8 Å².